The predicted molar refractivity (Wildman–Crippen MR) is 62.4 cm³/mol. The molecular formula is C12H19NO2. The topological polar surface area (TPSA) is 41.5 Å². The minimum absolute atomic E-state index is 0.612. The molecule has 2 N–H and O–H groups in total. The van der Waals surface area contributed by atoms with E-state index in [2.05, 4.69) is 5.32 Å². The summed E-state index contributed by atoms with van der Waals surface area (Å²) in [7, 11) is 1.65. The Bertz CT molecular complexity index is 287. The van der Waals surface area contributed by atoms with Crippen molar-refractivity contribution in [2.75, 3.05) is 19.0 Å². The molecule has 0 aliphatic carbocycles. The van der Waals surface area contributed by atoms with Crippen molar-refractivity contribution >= 4 is 5.69 Å². The molecule has 0 saturated carbocycles. The van der Waals surface area contributed by atoms with Gasteiger partial charge in [0, 0.05) is 12.2 Å². The maximum Gasteiger partial charge on any atom is 0.119 e. The van der Waals surface area contributed by atoms with Crippen LogP contribution in [0.15, 0.2) is 24.3 Å². The minimum Gasteiger partial charge on any atom is -0.497 e. The molecule has 0 aliphatic heterocycles. The summed E-state index contributed by atoms with van der Waals surface area (Å²) in [5, 5.41) is 12.8. The molecule has 15 heavy (non-hydrogen) atoms. The largest absolute Gasteiger partial charge is 0.497 e. The highest BCUT2D eigenvalue weighted by molar-refractivity contribution is 5.46. The Hall–Kier alpha value is -1.22. The van der Waals surface area contributed by atoms with E-state index in [0.717, 1.165) is 24.4 Å². The molecule has 0 unspecified atom stereocenters. The van der Waals surface area contributed by atoms with E-state index in [-0.39, 0.29) is 0 Å². The fourth-order valence-electron chi connectivity index (χ4n) is 1.22. The zero-order chi connectivity index (χ0) is 11.3. The Morgan fingerprint density at radius 2 is 1.87 bits per heavy atom. The Labute approximate surface area is 91.1 Å². The van der Waals surface area contributed by atoms with Crippen molar-refractivity contribution in [1.82, 2.24) is 0 Å². The van der Waals surface area contributed by atoms with E-state index in [1.807, 2.05) is 38.1 Å². The Morgan fingerprint density at radius 1 is 1.27 bits per heavy atom. The number of nitrogens with one attached hydrogen (secondary N) is 1. The Kier molecular flexibility index (Phi) is 3.97. The van der Waals surface area contributed by atoms with E-state index >= 15 is 0 Å². The number of hydrogen-bond donors (Lipinski definition) is 2. The summed E-state index contributed by atoms with van der Waals surface area (Å²) in [5.74, 6) is 0.850. The molecule has 0 amide bonds. The predicted octanol–water partition coefficient (Wildman–Crippen LogP) is 2.27. The zero-order valence-electron chi connectivity index (χ0n) is 9.58. The van der Waals surface area contributed by atoms with Gasteiger partial charge in [-0.15, -0.1) is 0 Å². The van der Waals surface area contributed by atoms with Crippen LogP contribution in [0.5, 0.6) is 5.75 Å². The van der Waals surface area contributed by atoms with Gasteiger partial charge in [0.25, 0.3) is 0 Å². The summed E-state index contributed by atoms with van der Waals surface area (Å²) < 4.78 is 5.06. The molecule has 3 heteroatoms. The minimum atomic E-state index is -0.612. The average molecular weight is 209 g/mol. The molecule has 0 fully saturated rings. The molecule has 0 aromatic heterocycles. The highest BCUT2D eigenvalue weighted by Crippen LogP contribution is 2.15. The quantitative estimate of drug-likeness (QED) is 0.781. The van der Waals surface area contributed by atoms with Crippen molar-refractivity contribution in [3.8, 4) is 5.75 Å². The van der Waals surface area contributed by atoms with Crippen LogP contribution in [0.25, 0.3) is 0 Å². The molecule has 84 valence electrons. The van der Waals surface area contributed by atoms with Crippen molar-refractivity contribution in [3.63, 3.8) is 0 Å². The van der Waals surface area contributed by atoms with E-state index in [0.29, 0.717) is 0 Å². The Morgan fingerprint density at radius 3 is 2.33 bits per heavy atom. The van der Waals surface area contributed by atoms with Crippen LogP contribution in [0.1, 0.15) is 20.3 Å². The maximum absolute atomic E-state index is 9.52. The maximum atomic E-state index is 9.52. The summed E-state index contributed by atoms with van der Waals surface area (Å²) in [6.07, 6.45) is 0.721. The third-order valence-corrected chi connectivity index (χ3v) is 2.16. The van der Waals surface area contributed by atoms with Crippen molar-refractivity contribution in [2.45, 2.75) is 25.9 Å². The molecule has 0 heterocycles. The lowest BCUT2D eigenvalue weighted by atomic mass is 10.1. The van der Waals surface area contributed by atoms with Gasteiger partial charge in [-0.3, -0.25) is 0 Å². The van der Waals surface area contributed by atoms with Gasteiger partial charge in [0.05, 0.1) is 12.7 Å². The van der Waals surface area contributed by atoms with Gasteiger partial charge >= 0.3 is 0 Å². The molecule has 0 spiro atoms. The second-order valence-electron chi connectivity index (χ2n) is 4.22. The van der Waals surface area contributed by atoms with Crippen LogP contribution in [0.2, 0.25) is 0 Å². The van der Waals surface area contributed by atoms with Crippen LogP contribution >= 0.6 is 0 Å². The smallest absolute Gasteiger partial charge is 0.119 e. The van der Waals surface area contributed by atoms with E-state index in [4.69, 9.17) is 4.74 Å². The lowest BCUT2D eigenvalue weighted by Gasteiger charge is -2.17. The molecule has 0 radical (unpaired) electrons. The third kappa shape index (κ3) is 4.70. The van der Waals surface area contributed by atoms with Crippen LogP contribution < -0.4 is 10.1 Å². The second-order valence-corrected chi connectivity index (χ2v) is 4.22. The summed E-state index contributed by atoms with van der Waals surface area (Å²) in [4.78, 5) is 0. The van der Waals surface area contributed by atoms with Crippen molar-refractivity contribution in [2.24, 2.45) is 0 Å². The van der Waals surface area contributed by atoms with Crippen LogP contribution in [0, 0.1) is 0 Å². The third-order valence-electron chi connectivity index (χ3n) is 2.16. The van der Waals surface area contributed by atoms with Crippen molar-refractivity contribution in [3.05, 3.63) is 24.3 Å². The SMILES string of the molecule is COc1ccc(NCCC(C)(C)O)cc1. The van der Waals surface area contributed by atoms with Gasteiger partial charge in [0.15, 0.2) is 0 Å². The number of aliphatic hydroxyl groups is 1. The van der Waals surface area contributed by atoms with Crippen LogP contribution in [0.3, 0.4) is 0 Å². The highest BCUT2D eigenvalue weighted by Gasteiger charge is 2.10. The van der Waals surface area contributed by atoms with Crippen LogP contribution in [-0.2, 0) is 0 Å². The van der Waals surface area contributed by atoms with E-state index < -0.39 is 5.60 Å². The first-order chi connectivity index (χ1) is 7.01. The molecule has 0 aliphatic rings. The van der Waals surface area contributed by atoms with Gasteiger partial charge in [-0.2, -0.15) is 0 Å². The molecular weight excluding hydrogens is 190 g/mol. The molecule has 1 aromatic carbocycles. The normalized spacial score (nSPS) is 11.2. The van der Waals surface area contributed by atoms with Gasteiger partial charge in [0.1, 0.15) is 5.75 Å². The molecule has 3 nitrogen and oxygen atoms in total. The molecule has 0 bridgehead atoms. The number of benzene rings is 1. The van der Waals surface area contributed by atoms with Gasteiger partial charge in [0.2, 0.25) is 0 Å². The molecule has 0 saturated heterocycles. The zero-order valence-corrected chi connectivity index (χ0v) is 9.58. The first-order valence-corrected chi connectivity index (χ1v) is 5.11. The Balaban J connectivity index is 2.38. The lowest BCUT2D eigenvalue weighted by Crippen LogP contribution is -2.22. The van der Waals surface area contributed by atoms with Gasteiger partial charge in [-0.05, 0) is 44.5 Å². The summed E-state index contributed by atoms with van der Waals surface area (Å²) in [6.45, 7) is 4.38. The van der Waals surface area contributed by atoms with Crippen LogP contribution in [0.4, 0.5) is 5.69 Å². The van der Waals surface area contributed by atoms with E-state index in [1.165, 1.54) is 0 Å². The number of ether oxygens (including phenoxy) is 1. The first-order valence-electron chi connectivity index (χ1n) is 5.11. The fourth-order valence-corrected chi connectivity index (χ4v) is 1.22. The molecule has 1 rings (SSSR count). The van der Waals surface area contributed by atoms with E-state index in [1.54, 1.807) is 7.11 Å². The monoisotopic (exact) mass is 209 g/mol. The van der Waals surface area contributed by atoms with Gasteiger partial charge < -0.3 is 15.2 Å². The van der Waals surface area contributed by atoms with Gasteiger partial charge in [-0.1, -0.05) is 0 Å². The van der Waals surface area contributed by atoms with Gasteiger partial charge in [-0.25, -0.2) is 0 Å². The number of methoxy groups -OCH3 is 1. The summed E-state index contributed by atoms with van der Waals surface area (Å²) in [5.41, 5.74) is 0.430. The standard InChI is InChI=1S/C12H19NO2/c1-12(2,14)8-9-13-10-4-6-11(15-3)7-5-10/h4-7,13-14H,8-9H2,1-3H3. The second kappa shape index (κ2) is 5.03. The number of anilines is 1. The average Bonchev–Trinajstić information content (AvgIpc) is 2.17. The van der Waals surface area contributed by atoms with Crippen LogP contribution in [-0.4, -0.2) is 24.4 Å². The highest BCUT2D eigenvalue weighted by atomic mass is 16.5. The summed E-state index contributed by atoms with van der Waals surface area (Å²) in [6, 6.07) is 7.74. The molecule has 1 aromatic rings. The number of hydrogen-bond acceptors (Lipinski definition) is 3. The van der Waals surface area contributed by atoms with E-state index in [9.17, 15) is 5.11 Å². The lowest BCUT2D eigenvalue weighted by molar-refractivity contribution is 0.0749. The number of rotatable bonds is 5. The van der Waals surface area contributed by atoms with Crippen molar-refractivity contribution in [1.29, 1.82) is 0 Å². The fraction of sp³-hybridized carbons (Fsp3) is 0.500. The molecule has 0 atom stereocenters. The first kappa shape index (κ1) is 11.9. The van der Waals surface area contributed by atoms with Crippen molar-refractivity contribution < 1.29 is 9.84 Å². The summed E-state index contributed by atoms with van der Waals surface area (Å²) >= 11 is 0.